The van der Waals surface area contributed by atoms with Crippen molar-refractivity contribution in [2.24, 2.45) is 0 Å². The van der Waals surface area contributed by atoms with E-state index in [2.05, 4.69) is 0 Å². The zero-order chi connectivity index (χ0) is 25.6. The van der Waals surface area contributed by atoms with Crippen molar-refractivity contribution in [3.63, 3.8) is 0 Å². The van der Waals surface area contributed by atoms with Gasteiger partial charge < -0.3 is 13.9 Å². The summed E-state index contributed by atoms with van der Waals surface area (Å²) in [5.41, 5.74) is -3.91. The van der Waals surface area contributed by atoms with Crippen LogP contribution in [0.15, 0.2) is 63.8 Å². The molecule has 4 aromatic rings. The fourth-order valence-electron chi connectivity index (χ4n) is 3.84. The van der Waals surface area contributed by atoms with Gasteiger partial charge in [-0.1, -0.05) is 6.07 Å². The van der Waals surface area contributed by atoms with E-state index in [9.17, 15) is 32.0 Å². The van der Waals surface area contributed by atoms with Crippen molar-refractivity contribution in [1.82, 2.24) is 4.57 Å². The number of fused-ring (bicyclic) bond motifs is 1. The van der Waals surface area contributed by atoms with Gasteiger partial charge in [-0.05, 0) is 42.5 Å². The smallest absolute Gasteiger partial charge is 0.417 e. The van der Waals surface area contributed by atoms with Crippen LogP contribution in [0.2, 0.25) is 0 Å². The molecule has 0 amide bonds. The maximum Gasteiger partial charge on any atom is 0.417 e. The van der Waals surface area contributed by atoms with Crippen LogP contribution in [-0.2, 0) is 12.7 Å². The third-order valence-corrected chi connectivity index (χ3v) is 5.58. The first-order valence-electron chi connectivity index (χ1n) is 10.3. The van der Waals surface area contributed by atoms with E-state index in [0.29, 0.717) is 29.2 Å². The van der Waals surface area contributed by atoms with Crippen LogP contribution in [0.4, 0.5) is 22.0 Å². The molecule has 2 aromatic heterocycles. The number of aromatic nitrogens is 1. The highest BCUT2D eigenvalue weighted by atomic mass is 19.4. The van der Waals surface area contributed by atoms with Gasteiger partial charge in [-0.3, -0.25) is 9.36 Å². The zero-order valence-corrected chi connectivity index (χ0v) is 18.0. The van der Waals surface area contributed by atoms with Crippen molar-refractivity contribution < 1.29 is 35.8 Å². The van der Waals surface area contributed by atoms with Crippen molar-refractivity contribution in [3.8, 4) is 40.3 Å². The molecule has 0 saturated heterocycles. The number of furan rings is 1. The van der Waals surface area contributed by atoms with Gasteiger partial charge >= 0.3 is 6.18 Å². The number of nitriles is 1. The maximum atomic E-state index is 14.3. The largest absolute Gasteiger partial charge is 0.455 e. The van der Waals surface area contributed by atoms with Crippen LogP contribution >= 0.6 is 0 Å². The molecule has 0 bridgehead atoms. The molecular formula is C25H13F5N2O4. The molecule has 6 nitrogen and oxygen atoms in total. The molecule has 3 heterocycles. The van der Waals surface area contributed by atoms with E-state index in [0.717, 1.165) is 16.7 Å². The van der Waals surface area contributed by atoms with Crippen LogP contribution in [0.3, 0.4) is 0 Å². The van der Waals surface area contributed by atoms with Gasteiger partial charge in [0.1, 0.15) is 29.0 Å². The van der Waals surface area contributed by atoms with E-state index >= 15 is 0 Å². The molecule has 0 saturated carbocycles. The highest BCUT2D eigenvalue weighted by Crippen LogP contribution is 2.38. The van der Waals surface area contributed by atoms with Crippen LogP contribution < -0.4 is 15.0 Å². The first-order chi connectivity index (χ1) is 17.2. The molecule has 36 heavy (non-hydrogen) atoms. The van der Waals surface area contributed by atoms with Gasteiger partial charge in [0.15, 0.2) is 17.3 Å². The monoisotopic (exact) mass is 500 g/mol. The van der Waals surface area contributed by atoms with E-state index in [1.807, 2.05) is 0 Å². The molecule has 5 rings (SSSR count). The number of hydrogen-bond acceptors (Lipinski definition) is 5. The Morgan fingerprint density at radius 2 is 1.69 bits per heavy atom. The van der Waals surface area contributed by atoms with Gasteiger partial charge in [0.25, 0.3) is 5.56 Å². The molecule has 182 valence electrons. The first kappa shape index (κ1) is 23.2. The molecule has 11 heteroatoms. The van der Waals surface area contributed by atoms with Crippen molar-refractivity contribution in [2.75, 3.05) is 6.79 Å². The minimum absolute atomic E-state index is 0.0415. The van der Waals surface area contributed by atoms with E-state index in [1.54, 1.807) is 18.2 Å². The third kappa shape index (κ3) is 4.07. The molecule has 0 spiro atoms. The van der Waals surface area contributed by atoms with Crippen molar-refractivity contribution in [2.45, 2.75) is 12.7 Å². The lowest BCUT2D eigenvalue weighted by atomic mass is 10.1. The minimum atomic E-state index is -5.02. The summed E-state index contributed by atoms with van der Waals surface area (Å²) in [5, 5.41) is 9.30. The highest BCUT2D eigenvalue weighted by Gasteiger charge is 2.37. The lowest BCUT2D eigenvalue weighted by Crippen LogP contribution is -2.29. The van der Waals surface area contributed by atoms with E-state index < -0.39 is 41.0 Å². The topological polar surface area (TPSA) is 77.4 Å². The third-order valence-electron chi connectivity index (χ3n) is 5.58. The number of rotatable bonds is 4. The Kier molecular flexibility index (Phi) is 5.51. The number of nitrogens with zero attached hydrogens (tertiary/aromatic N) is 2. The molecule has 0 aliphatic carbocycles. The van der Waals surface area contributed by atoms with Crippen LogP contribution in [-0.4, -0.2) is 11.4 Å². The second kappa shape index (κ2) is 8.57. The van der Waals surface area contributed by atoms with Crippen LogP contribution in [0.1, 0.15) is 16.7 Å². The maximum absolute atomic E-state index is 14.3. The molecule has 0 radical (unpaired) electrons. The summed E-state index contributed by atoms with van der Waals surface area (Å²) in [6.45, 7) is -0.535. The van der Waals surface area contributed by atoms with E-state index in [1.165, 1.54) is 18.2 Å². The molecule has 0 N–H and O–H groups in total. The summed E-state index contributed by atoms with van der Waals surface area (Å²) in [7, 11) is 0. The number of pyridine rings is 1. The van der Waals surface area contributed by atoms with Gasteiger partial charge in [-0.15, -0.1) is 0 Å². The average molecular weight is 500 g/mol. The van der Waals surface area contributed by atoms with Gasteiger partial charge in [0.2, 0.25) is 6.79 Å². The SMILES string of the molecule is N#Cc1c(C(F)(F)F)cc(-c2ccc(-c3ccc4c(c3)OCO4)o2)n(Cc2ccc(F)cc2F)c1=O. The van der Waals surface area contributed by atoms with Gasteiger partial charge in [-0.25, -0.2) is 8.78 Å². The van der Waals surface area contributed by atoms with Crippen LogP contribution in [0.5, 0.6) is 11.5 Å². The summed E-state index contributed by atoms with van der Waals surface area (Å²) in [6, 6.07) is 12.2. The second-order valence-electron chi connectivity index (χ2n) is 7.79. The van der Waals surface area contributed by atoms with Crippen LogP contribution in [0, 0.1) is 23.0 Å². The molecule has 1 aliphatic heterocycles. The number of hydrogen-bond donors (Lipinski definition) is 0. The number of halogens is 5. The fourth-order valence-corrected chi connectivity index (χ4v) is 3.84. The Labute approximate surface area is 199 Å². The molecule has 2 aromatic carbocycles. The number of alkyl halides is 3. The van der Waals surface area contributed by atoms with Crippen molar-refractivity contribution in [3.05, 3.63) is 93.3 Å². The van der Waals surface area contributed by atoms with E-state index in [-0.39, 0.29) is 29.6 Å². The van der Waals surface area contributed by atoms with E-state index in [4.69, 9.17) is 13.9 Å². The number of ether oxygens (including phenoxy) is 2. The lowest BCUT2D eigenvalue weighted by Gasteiger charge is -2.16. The quantitative estimate of drug-likeness (QED) is 0.335. The zero-order valence-electron chi connectivity index (χ0n) is 18.0. The Hall–Kier alpha value is -4.59. The highest BCUT2D eigenvalue weighted by molar-refractivity contribution is 5.67. The molecule has 0 unspecified atom stereocenters. The molecule has 0 fully saturated rings. The second-order valence-corrected chi connectivity index (χ2v) is 7.79. The first-order valence-corrected chi connectivity index (χ1v) is 10.3. The Morgan fingerprint density at radius 1 is 0.944 bits per heavy atom. The standard InChI is InChI=1S/C25H13F5N2O4/c26-15-3-1-14(18(27)8-15)11-32-19(9-17(25(28,29)30)16(10-31)24(32)33)21-6-5-20(36-21)13-2-4-22-23(7-13)35-12-34-22/h1-9H,11-12H2. The summed E-state index contributed by atoms with van der Waals surface area (Å²) in [4.78, 5) is 13.0. The number of benzene rings is 2. The predicted molar refractivity (Wildman–Crippen MR) is 115 cm³/mol. The van der Waals surface area contributed by atoms with Crippen LogP contribution in [0.25, 0.3) is 22.8 Å². The normalized spacial score (nSPS) is 12.6. The molecule has 0 atom stereocenters. The summed E-state index contributed by atoms with van der Waals surface area (Å²) in [6.07, 6.45) is -5.02. The fraction of sp³-hybridized carbons (Fsp3) is 0.120. The average Bonchev–Trinajstić information content (AvgIpc) is 3.50. The Morgan fingerprint density at radius 3 is 2.42 bits per heavy atom. The molecular weight excluding hydrogens is 487 g/mol. The van der Waals surface area contributed by atoms with Gasteiger partial charge in [-0.2, -0.15) is 18.4 Å². The van der Waals surface area contributed by atoms with Gasteiger partial charge in [0.05, 0.1) is 17.8 Å². The predicted octanol–water partition coefficient (Wildman–Crippen LogP) is 5.72. The lowest BCUT2D eigenvalue weighted by molar-refractivity contribution is -0.137. The molecule has 1 aliphatic rings. The van der Waals surface area contributed by atoms with Crippen molar-refractivity contribution >= 4 is 0 Å². The minimum Gasteiger partial charge on any atom is -0.455 e. The van der Waals surface area contributed by atoms with Gasteiger partial charge in [0, 0.05) is 17.2 Å². The Bertz CT molecular complexity index is 1600. The summed E-state index contributed by atoms with van der Waals surface area (Å²) >= 11 is 0. The Balaban J connectivity index is 1.67. The van der Waals surface area contributed by atoms with Crippen molar-refractivity contribution in [1.29, 1.82) is 5.26 Å². The summed E-state index contributed by atoms with van der Waals surface area (Å²) in [5.74, 6) is -0.806. The summed E-state index contributed by atoms with van der Waals surface area (Å²) < 4.78 is 86.0.